The number of hydrogen-bond acceptors (Lipinski definition) is 2. The molecule has 4 rings (SSSR count). The number of esters is 1. The summed E-state index contributed by atoms with van der Waals surface area (Å²) in [6.45, 7) is 11.2. The maximum absolute atomic E-state index is 12.1. The van der Waals surface area contributed by atoms with Crippen LogP contribution in [0.5, 0.6) is 0 Å². The largest absolute Gasteiger partial charge is 0.460 e. The van der Waals surface area contributed by atoms with Gasteiger partial charge in [-0.05, 0) is 125 Å². The van der Waals surface area contributed by atoms with Crippen LogP contribution in [0, 0.1) is 40.4 Å². The first-order valence-corrected chi connectivity index (χ1v) is 12.9. The molecule has 0 amide bonds. The molecule has 29 heavy (non-hydrogen) atoms. The zero-order valence-corrected chi connectivity index (χ0v) is 19.9. The summed E-state index contributed by atoms with van der Waals surface area (Å²) in [6.07, 6.45) is 17.6. The highest BCUT2D eigenvalue weighted by atomic mass is 16.6. The highest BCUT2D eigenvalue weighted by Crippen LogP contribution is 2.67. The third-order valence-electron chi connectivity index (χ3n) is 10.1. The summed E-state index contributed by atoms with van der Waals surface area (Å²) in [6, 6.07) is 0. The van der Waals surface area contributed by atoms with Crippen molar-refractivity contribution in [2.75, 3.05) is 0 Å². The van der Waals surface area contributed by atoms with E-state index in [9.17, 15) is 4.79 Å². The van der Waals surface area contributed by atoms with Crippen LogP contribution < -0.4 is 0 Å². The van der Waals surface area contributed by atoms with Gasteiger partial charge in [0.25, 0.3) is 0 Å². The predicted molar refractivity (Wildman–Crippen MR) is 120 cm³/mol. The fourth-order valence-corrected chi connectivity index (χ4v) is 8.76. The Morgan fingerprint density at radius 1 is 0.897 bits per heavy atom. The van der Waals surface area contributed by atoms with E-state index in [-0.39, 0.29) is 11.6 Å². The summed E-state index contributed by atoms with van der Waals surface area (Å²) in [5.74, 6) is 4.78. The summed E-state index contributed by atoms with van der Waals surface area (Å²) in [7, 11) is 0. The zero-order chi connectivity index (χ0) is 20.9. The van der Waals surface area contributed by atoms with E-state index in [4.69, 9.17) is 4.74 Å². The van der Waals surface area contributed by atoms with Crippen molar-refractivity contribution >= 4 is 5.97 Å². The van der Waals surface area contributed by atoms with Crippen molar-refractivity contribution < 1.29 is 9.53 Å². The average molecular weight is 403 g/mol. The molecule has 4 aliphatic carbocycles. The van der Waals surface area contributed by atoms with Crippen LogP contribution in [0.1, 0.15) is 118 Å². The first-order chi connectivity index (χ1) is 13.6. The van der Waals surface area contributed by atoms with Gasteiger partial charge in [-0.2, -0.15) is 0 Å². The van der Waals surface area contributed by atoms with Gasteiger partial charge in [0.15, 0.2) is 0 Å². The lowest BCUT2D eigenvalue weighted by atomic mass is 9.45. The van der Waals surface area contributed by atoms with E-state index < -0.39 is 0 Å². The molecule has 0 spiro atoms. The van der Waals surface area contributed by atoms with Crippen LogP contribution in [-0.4, -0.2) is 11.6 Å². The molecule has 4 saturated carbocycles. The summed E-state index contributed by atoms with van der Waals surface area (Å²) < 4.78 is 5.53. The summed E-state index contributed by atoms with van der Waals surface area (Å²) >= 11 is 0. The average Bonchev–Trinajstić information content (AvgIpc) is 2.96. The van der Waals surface area contributed by atoms with Crippen molar-refractivity contribution in [3.8, 4) is 0 Å². The van der Waals surface area contributed by atoms with Crippen LogP contribution in [0.25, 0.3) is 0 Å². The van der Waals surface area contributed by atoms with E-state index >= 15 is 0 Å². The standard InChI is InChI=1S/C27H46O2/c1-25(2,3)29-24(28)11-8-10-20-13-15-22-21-14-12-19-9-6-7-17-26(19,4)23(21)16-18-27(20,22)5/h19-23H,6-18H2,1-5H3/t19?,20?,21-,22?,23?,26?,27?/m0/s1. The maximum atomic E-state index is 12.1. The molecule has 4 aliphatic rings. The normalized spacial score (nSPS) is 44.5. The van der Waals surface area contributed by atoms with Crippen LogP contribution in [0.2, 0.25) is 0 Å². The summed E-state index contributed by atoms with van der Waals surface area (Å²) in [4.78, 5) is 12.1. The number of fused-ring (bicyclic) bond motifs is 5. The van der Waals surface area contributed by atoms with Crippen molar-refractivity contribution in [3.63, 3.8) is 0 Å². The lowest BCUT2D eigenvalue weighted by Crippen LogP contribution is -2.52. The highest BCUT2D eigenvalue weighted by Gasteiger charge is 2.59. The molecular formula is C27H46O2. The van der Waals surface area contributed by atoms with Gasteiger partial charge in [-0.15, -0.1) is 0 Å². The van der Waals surface area contributed by atoms with E-state index in [0.717, 1.165) is 36.0 Å². The van der Waals surface area contributed by atoms with Crippen molar-refractivity contribution in [2.24, 2.45) is 40.4 Å². The minimum Gasteiger partial charge on any atom is -0.460 e. The van der Waals surface area contributed by atoms with Crippen LogP contribution >= 0.6 is 0 Å². The molecule has 0 heterocycles. The highest BCUT2D eigenvalue weighted by molar-refractivity contribution is 5.69. The lowest BCUT2D eigenvalue weighted by molar-refractivity contribution is -0.155. The second-order valence-electron chi connectivity index (χ2n) is 12.7. The summed E-state index contributed by atoms with van der Waals surface area (Å²) in [5.41, 5.74) is 0.832. The zero-order valence-electron chi connectivity index (χ0n) is 19.9. The number of carbonyl (C=O) groups excluding carboxylic acids is 1. The van der Waals surface area contributed by atoms with E-state index in [1.54, 1.807) is 0 Å². The fourth-order valence-electron chi connectivity index (χ4n) is 8.76. The third kappa shape index (κ3) is 4.03. The Labute approximate surface area is 179 Å². The Kier molecular flexibility index (Phi) is 5.88. The van der Waals surface area contributed by atoms with Crippen molar-refractivity contribution in [2.45, 2.75) is 124 Å². The van der Waals surface area contributed by atoms with Gasteiger partial charge < -0.3 is 4.74 Å². The predicted octanol–water partition coefficient (Wildman–Crippen LogP) is 7.55. The van der Waals surface area contributed by atoms with Gasteiger partial charge in [0.1, 0.15) is 5.60 Å². The molecule has 0 saturated heterocycles. The molecule has 0 aromatic rings. The number of rotatable bonds is 4. The molecule has 4 fully saturated rings. The van der Waals surface area contributed by atoms with Gasteiger partial charge >= 0.3 is 5.97 Å². The van der Waals surface area contributed by atoms with Gasteiger partial charge in [-0.3, -0.25) is 4.79 Å². The molecule has 0 N–H and O–H groups in total. The molecule has 0 radical (unpaired) electrons. The van der Waals surface area contributed by atoms with Crippen molar-refractivity contribution in [3.05, 3.63) is 0 Å². The molecular weight excluding hydrogens is 356 g/mol. The van der Waals surface area contributed by atoms with Crippen LogP contribution in [-0.2, 0) is 9.53 Å². The van der Waals surface area contributed by atoms with Crippen molar-refractivity contribution in [1.82, 2.24) is 0 Å². The van der Waals surface area contributed by atoms with Crippen LogP contribution in [0.15, 0.2) is 0 Å². The SMILES string of the molecule is CC(C)(C)OC(=O)CCCC1CCC2[C@@H]3CCC4CCCCC4(C)C3CCC12C. The molecule has 6 unspecified atom stereocenters. The molecule has 166 valence electrons. The Morgan fingerprint density at radius 3 is 2.41 bits per heavy atom. The van der Waals surface area contributed by atoms with Gasteiger partial charge in [0.05, 0.1) is 0 Å². The third-order valence-corrected chi connectivity index (χ3v) is 10.1. The Hall–Kier alpha value is -0.530. The molecule has 0 aromatic carbocycles. The maximum Gasteiger partial charge on any atom is 0.306 e. The molecule has 2 nitrogen and oxygen atoms in total. The minimum absolute atomic E-state index is 0.00977. The Balaban J connectivity index is 1.37. The van der Waals surface area contributed by atoms with Crippen LogP contribution in [0.4, 0.5) is 0 Å². The van der Waals surface area contributed by atoms with Gasteiger partial charge in [0, 0.05) is 6.42 Å². The molecule has 2 heteroatoms. The lowest BCUT2D eigenvalue weighted by Gasteiger charge is -2.60. The molecule has 0 aliphatic heterocycles. The first kappa shape index (κ1) is 21.7. The number of hydrogen-bond donors (Lipinski definition) is 0. The van der Waals surface area contributed by atoms with Gasteiger partial charge in [0.2, 0.25) is 0 Å². The Morgan fingerprint density at radius 2 is 1.66 bits per heavy atom. The minimum atomic E-state index is -0.353. The molecule has 7 atom stereocenters. The quantitative estimate of drug-likeness (QED) is 0.454. The molecule has 0 aromatic heterocycles. The Bertz CT molecular complexity index is 604. The monoisotopic (exact) mass is 402 g/mol. The van der Waals surface area contributed by atoms with E-state index in [1.807, 2.05) is 20.8 Å². The topological polar surface area (TPSA) is 26.3 Å². The van der Waals surface area contributed by atoms with Gasteiger partial charge in [-0.25, -0.2) is 0 Å². The van der Waals surface area contributed by atoms with E-state index in [0.29, 0.717) is 17.3 Å². The van der Waals surface area contributed by atoms with Crippen molar-refractivity contribution in [1.29, 1.82) is 0 Å². The van der Waals surface area contributed by atoms with E-state index in [1.165, 1.54) is 70.6 Å². The van der Waals surface area contributed by atoms with E-state index in [2.05, 4.69) is 13.8 Å². The number of ether oxygens (including phenoxy) is 1. The molecule has 0 bridgehead atoms. The smallest absolute Gasteiger partial charge is 0.306 e. The van der Waals surface area contributed by atoms with Gasteiger partial charge in [-0.1, -0.05) is 26.7 Å². The second kappa shape index (κ2) is 7.86. The first-order valence-electron chi connectivity index (χ1n) is 12.9. The van der Waals surface area contributed by atoms with Crippen LogP contribution in [0.3, 0.4) is 0 Å². The second-order valence-corrected chi connectivity index (χ2v) is 12.7. The number of carbonyl (C=O) groups is 1. The summed E-state index contributed by atoms with van der Waals surface area (Å²) in [5, 5.41) is 0. The fraction of sp³-hybridized carbons (Fsp3) is 0.963.